The normalized spacial score (nSPS) is 17.8. The van der Waals surface area contributed by atoms with E-state index in [1.807, 2.05) is 48.4 Å². The number of nitrogens with zero attached hydrogens (tertiary/aromatic N) is 5. The Hall–Kier alpha value is -2.37. The third kappa shape index (κ3) is 3.27. The van der Waals surface area contributed by atoms with Crippen LogP contribution in [-0.2, 0) is 6.42 Å². The molecule has 3 rings (SSSR count). The second-order valence-electron chi connectivity index (χ2n) is 6.45. The van der Waals surface area contributed by atoms with Crippen molar-refractivity contribution >= 4 is 11.7 Å². The third-order valence-corrected chi connectivity index (χ3v) is 4.60. The SMILES string of the molecule is CCc1nccn1[C@H]1CCCN(C(=O)c2ccc(N(C)C)nc2)C1. The van der Waals surface area contributed by atoms with Gasteiger partial charge in [-0.25, -0.2) is 9.97 Å². The first-order valence-electron chi connectivity index (χ1n) is 8.54. The molecule has 1 aliphatic heterocycles. The minimum Gasteiger partial charge on any atom is -0.363 e. The molecule has 0 spiro atoms. The number of hydrogen-bond donors (Lipinski definition) is 0. The molecule has 1 amide bonds. The fraction of sp³-hybridized carbons (Fsp3) is 0.500. The lowest BCUT2D eigenvalue weighted by Crippen LogP contribution is -2.41. The van der Waals surface area contributed by atoms with Gasteiger partial charge in [-0.15, -0.1) is 0 Å². The van der Waals surface area contributed by atoms with Crippen LogP contribution in [0.5, 0.6) is 0 Å². The standard InChI is InChI=1S/C18H25N5O/c1-4-16-19-9-11-23(16)15-6-5-10-22(13-15)18(24)14-7-8-17(20-12-14)21(2)3/h7-9,11-12,15H,4-6,10,13H2,1-3H3/t15-/m0/s1. The number of imidazole rings is 1. The van der Waals surface area contributed by atoms with Gasteiger partial charge in [0, 0.05) is 52.2 Å². The van der Waals surface area contributed by atoms with Gasteiger partial charge in [0.1, 0.15) is 11.6 Å². The summed E-state index contributed by atoms with van der Waals surface area (Å²) >= 11 is 0. The molecule has 0 radical (unpaired) electrons. The minimum absolute atomic E-state index is 0.0654. The number of anilines is 1. The number of likely N-dealkylation sites (tertiary alicyclic amines) is 1. The summed E-state index contributed by atoms with van der Waals surface area (Å²) in [6.07, 6.45) is 8.57. The van der Waals surface area contributed by atoms with Gasteiger partial charge in [-0.2, -0.15) is 0 Å². The van der Waals surface area contributed by atoms with Crippen molar-refractivity contribution in [1.82, 2.24) is 19.4 Å². The first-order valence-corrected chi connectivity index (χ1v) is 8.54. The van der Waals surface area contributed by atoms with Crippen LogP contribution in [0.2, 0.25) is 0 Å². The second-order valence-corrected chi connectivity index (χ2v) is 6.45. The summed E-state index contributed by atoms with van der Waals surface area (Å²) < 4.78 is 2.23. The maximum atomic E-state index is 12.8. The van der Waals surface area contributed by atoms with E-state index in [2.05, 4.69) is 21.5 Å². The summed E-state index contributed by atoms with van der Waals surface area (Å²) in [5.41, 5.74) is 0.655. The lowest BCUT2D eigenvalue weighted by atomic mass is 10.0. The predicted octanol–water partition coefficient (Wildman–Crippen LogP) is 2.38. The van der Waals surface area contributed by atoms with Crippen molar-refractivity contribution < 1.29 is 4.79 Å². The second kappa shape index (κ2) is 7.03. The van der Waals surface area contributed by atoms with Gasteiger partial charge >= 0.3 is 0 Å². The van der Waals surface area contributed by atoms with Crippen LogP contribution in [-0.4, -0.2) is 52.5 Å². The lowest BCUT2D eigenvalue weighted by molar-refractivity contribution is 0.0677. The van der Waals surface area contributed by atoms with Gasteiger partial charge in [-0.05, 0) is 25.0 Å². The first kappa shape index (κ1) is 16.5. The molecule has 6 heteroatoms. The fourth-order valence-corrected chi connectivity index (χ4v) is 3.28. The molecule has 1 aliphatic rings. The lowest BCUT2D eigenvalue weighted by Gasteiger charge is -2.34. The average molecular weight is 327 g/mol. The highest BCUT2D eigenvalue weighted by Gasteiger charge is 2.26. The smallest absolute Gasteiger partial charge is 0.255 e. The van der Waals surface area contributed by atoms with E-state index >= 15 is 0 Å². The first-order chi connectivity index (χ1) is 11.6. The Bertz CT molecular complexity index is 692. The summed E-state index contributed by atoms with van der Waals surface area (Å²) in [6.45, 7) is 3.65. The molecule has 1 fully saturated rings. The quantitative estimate of drug-likeness (QED) is 0.865. The van der Waals surface area contributed by atoms with Crippen molar-refractivity contribution in [3.05, 3.63) is 42.1 Å². The molecule has 2 aromatic rings. The zero-order valence-corrected chi connectivity index (χ0v) is 14.6. The summed E-state index contributed by atoms with van der Waals surface area (Å²) in [6, 6.07) is 4.07. The van der Waals surface area contributed by atoms with Gasteiger partial charge in [0.15, 0.2) is 0 Å². The Morgan fingerprint density at radius 2 is 2.17 bits per heavy atom. The van der Waals surface area contributed by atoms with E-state index in [0.717, 1.165) is 44.0 Å². The molecule has 0 aromatic carbocycles. The van der Waals surface area contributed by atoms with Crippen LogP contribution >= 0.6 is 0 Å². The van der Waals surface area contributed by atoms with E-state index in [4.69, 9.17) is 0 Å². The fourth-order valence-electron chi connectivity index (χ4n) is 3.28. The number of pyridine rings is 1. The van der Waals surface area contributed by atoms with Crippen molar-refractivity contribution in [2.45, 2.75) is 32.2 Å². The minimum atomic E-state index is 0.0654. The maximum Gasteiger partial charge on any atom is 0.255 e. The van der Waals surface area contributed by atoms with Crippen molar-refractivity contribution in [3.63, 3.8) is 0 Å². The Morgan fingerprint density at radius 3 is 2.83 bits per heavy atom. The van der Waals surface area contributed by atoms with Gasteiger partial charge in [0.2, 0.25) is 0 Å². The Morgan fingerprint density at radius 1 is 1.33 bits per heavy atom. The zero-order chi connectivity index (χ0) is 17.1. The van der Waals surface area contributed by atoms with Crippen LogP contribution in [0.15, 0.2) is 30.7 Å². The number of piperidine rings is 1. The molecule has 6 nitrogen and oxygen atoms in total. The maximum absolute atomic E-state index is 12.8. The van der Waals surface area contributed by atoms with Crippen molar-refractivity contribution in [2.24, 2.45) is 0 Å². The topological polar surface area (TPSA) is 54.3 Å². The molecule has 0 bridgehead atoms. The van der Waals surface area contributed by atoms with Crippen molar-refractivity contribution in [3.8, 4) is 0 Å². The van der Waals surface area contributed by atoms with E-state index in [9.17, 15) is 4.79 Å². The highest BCUT2D eigenvalue weighted by molar-refractivity contribution is 5.94. The largest absolute Gasteiger partial charge is 0.363 e. The molecule has 3 heterocycles. The summed E-state index contributed by atoms with van der Waals surface area (Å²) in [7, 11) is 3.88. The van der Waals surface area contributed by atoms with E-state index in [0.29, 0.717) is 11.6 Å². The van der Waals surface area contributed by atoms with Crippen molar-refractivity contribution in [2.75, 3.05) is 32.1 Å². The molecule has 0 aliphatic carbocycles. The third-order valence-electron chi connectivity index (χ3n) is 4.60. The van der Waals surface area contributed by atoms with Gasteiger partial charge in [0.05, 0.1) is 11.6 Å². The number of amides is 1. The summed E-state index contributed by atoms with van der Waals surface area (Å²) in [5.74, 6) is 2.01. The Kier molecular flexibility index (Phi) is 4.83. The van der Waals surface area contributed by atoms with Crippen LogP contribution < -0.4 is 4.90 Å². The van der Waals surface area contributed by atoms with E-state index in [1.54, 1.807) is 6.20 Å². The van der Waals surface area contributed by atoms with Crippen LogP contribution in [0.4, 0.5) is 5.82 Å². The van der Waals surface area contributed by atoms with Gasteiger partial charge < -0.3 is 14.4 Å². The van der Waals surface area contributed by atoms with E-state index < -0.39 is 0 Å². The van der Waals surface area contributed by atoms with Gasteiger partial charge in [0.25, 0.3) is 5.91 Å². The molecular weight excluding hydrogens is 302 g/mol. The molecule has 1 atom stereocenters. The molecule has 24 heavy (non-hydrogen) atoms. The molecule has 0 unspecified atom stereocenters. The van der Waals surface area contributed by atoms with E-state index in [-0.39, 0.29) is 5.91 Å². The monoisotopic (exact) mass is 327 g/mol. The molecule has 2 aromatic heterocycles. The number of aromatic nitrogens is 3. The Labute approximate surface area is 143 Å². The highest BCUT2D eigenvalue weighted by atomic mass is 16.2. The molecule has 0 saturated carbocycles. The predicted molar refractivity (Wildman–Crippen MR) is 94.3 cm³/mol. The van der Waals surface area contributed by atoms with Crippen LogP contribution in [0.1, 0.15) is 42.0 Å². The number of carbonyl (C=O) groups excluding carboxylic acids is 1. The molecule has 128 valence electrons. The highest BCUT2D eigenvalue weighted by Crippen LogP contribution is 2.24. The van der Waals surface area contributed by atoms with Crippen LogP contribution in [0, 0.1) is 0 Å². The number of rotatable bonds is 4. The molecular formula is C18H25N5O. The van der Waals surface area contributed by atoms with Crippen LogP contribution in [0.3, 0.4) is 0 Å². The Balaban J connectivity index is 1.73. The summed E-state index contributed by atoms with van der Waals surface area (Å²) in [4.78, 5) is 25.4. The van der Waals surface area contributed by atoms with E-state index in [1.165, 1.54) is 0 Å². The number of carbonyl (C=O) groups is 1. The van der Waals surface area contributed by atoms with Crippen LogP contribution in [0.25, 0.3) is 0 Å². The summed E-state index contributed by atoms with van der Waals surface area (Å²) in [5, 5.41) is 0. The molecule has 1 saturated heterocycles. The number of hydrogen-bond acceptors (Lipinski definition) is 4. The van der Waals surface area contributed by atoms with Gasteiger partial charge in [-0.3, -0.25) is 4.79 Å². The zero-order valence-electron chi connectivity index (χ0n) is 14.6. The molecule has 0 N–H and O–H groups in total. The van der Waals surface area contributed by atoms with Gasteiger partial charge in [-0.1, -0.05) is 6.92 Å². The number of aryl methyl sites for hydroxylation is 1. The van der Waals surface area contributed by atoms with Crippen molar-refractivity contribution in [1.29, 1.82) is 0 Å². The average Bonchev–Trinajstić information content (AvgIpc) is 3.10.